The Bertz CT molecular complexity index is 1020. The normalized spacial score (nSPS) is 13.9. The average molecular weight is 369 g/mol. The molecule has 0 fully saturated rings. The van der Waals surface area contributed by atoms with Gasteiger partial charge in [-0.25, -0.2) is 9.67 Å². The highest BCUT2D eigenvalue weighted by atomic mass is 16.5. The lowest BCUT2D eigenvalue weighted by Gasteiger charge is -2.06. The second-order valence-corrected chi connectivity index (χ2v) is 6.57. The molecule has 0 saturated carbocycles. The van der Waals surface area contributed by atoms with E-state index in [0.717, 1.165) is 43.4 Å². The average Bonchev–Trinajstić information content (AvgIpc) is 3.17. The van der Waals surface area contributed by atoms with E-state index in [4.69, 9.17) is 4.52 Å². The first kappa shape index (κ1) is 17.2. The predicted molar refractivity (Wildman–Crippen MR) is 94.5 cm³/mol. The fourth-order valence-corrected chi connectivity index (χ4v) is 3.31. The molecule has 27 heavy (non-hydrogen) atoms. The molecule has 0 aromatic carbocycles. The molecule has 0 atom stereocenters. The van der Waals surface area contributed by atoms with Gasteiger partial charge in [0.15, 0.2) is 0 Å². The number of hydrogen-bond acceptors (Lipinski definition) is 7. The van der Waals surface area contributed by atoms with Gasteiger partial charge in [-0.2, -0.15) is 4.98 Å². The highest BCUT2D eigenvalue weighted by molar-refractivity contribution is 5.79. The van der Waals surface area contributed by atoms with E-state index in [1.54, 1.807) is 6.07 Å². The van der Waals surface area contributed by atoms with Crippen molar-refractivity contribution in [3.63, 3.8) is 0 Å². The summed E-state index contributed by atoms with van der Waals surface area (Å²) in [6.45, 7) is 0. The van der Waals surface area contributed by atoms with Gasteiger partial charge >= 0.3 is 0 Å². The molecule has 0 unspecified atom stereocenters. The zero-order valence-electron chi connectivity index (χ0n) is 14.6. The van der Waals surface area contributed by atoms with Gasteiger partial charge in [-0.15, -0.1) is 0 Å². The van der Waals surface area contributed by atoms with Crippen molar-refractivity contribution in [3.05, 3.63) is 45.8 Å². The van der Waals surface area contributed by atoms with Crippen molar-refractivity contribution >= 4 is 5.91 Å². The summed E-state index contributed by atoms with van der Waals surface area (Å²) >= 11 is 0. The number of aromatic nitrogens is 5. The van der Waals surface area contributed by atoms with E-state index in [1.807, 2.05) is 0 Å². The number of aromatic hydroxyl groups is 1. The molecule has 3 aromatic heterocycles. The quantitative estimate of drug-likeness (QED) is 0.672. The summed E-state index contributed by atoms with van der Waals surface area (Å²) in [6.07, 6.45) is 6.17. The third-order valence-corrected chi connectivity index (χ3v) is 4.69. The smallest absolute Gasteiger partial charge is 0.267 e. The van der Waals surface area contributed by atoms with Gasteiger partial charge in [0.1, 0.15) is 11.4 Å². The summed E-state index contributed by atoms with van der Waals surface area (Å²) in [6, 6.07) is 3.06. The van der Waals surface area contributed by atoms with Crippen molar-refractivity contribution in [1.29, 1.82) is 0 Å². The first-order chi connectivity index (χ1) is 13.1. The van der Waals surface area contributed by atoms with E-state index < -0.39 is 0 Å². The molecular formula is C18H19N5O4. The van der Waals surface area contributed by atoms with Crippen LogP contribution in [0.5, 0.6) is 5.75 Å². The number of carbonyl (C=O) groups excluding carboxylic acids is 1. The molecule has 0 amide bonds. The van der Waals surface area contributed by atoms with Crippen LogP contribution in [-0.2, 0) is 19.3 Å². The number of carbonyl (C=O) groups is 1. The van der Waals surface area contributed by atoms with Gasteiger partial charge in [-0.05, 0) is 37.8 Å². The molecule has 3 heterocycles. The Labute approximate surface area is 154 Å². The number of H-pyrrole nitrogens is 1. The topological polar surface area (TPSA) is 127 Å². The standard InChI is InChI=1S/C18H19N5O4/c24-11-6-7-13(19-10-11)17-20-15(27-22-17)8-9-16(25)23-14-5-3-1-2-4-12(14)18(26)21-23/h6-7,10,24H,1-5,8-9H2,(H,21,26). The highest BCUT2D eigenvalue weighted by Gasteiger charge is 2.21. The Morgan fingerprint density at radius 2 is 2.11 bits per heavy atom. The monoisotopic (exact) mass is 369 g/mol. The first-order valence-electron chi connectivity index (χ1n) is 8.96. The largest absolute Gasteiger partial charge is 0.506 e. The molecule has 9 nitrogen and oxygen atoms in total. The number of hydrogen-bond donors (Lipinski definition) is 2. The SMILES string of the molecule is O=C(CCc1nc(-c2ccc(O)cn2)no1)n1[nH]c(=O)c2c1CCCCC2. The van der Waals surface area contributed by atoms with Crippen molar-refractivity contribution < 1.29 is 14.4 Å². The lowest BCUT2D eigenvalue weighted by molar-refractivity contribution is 0.0879. The van der Waals surface area contributed by atoms with Crippen molar-refractivity contribution in [2.45, 2.75) is 44.9 Å². The zero-order chi connectivity index (χ0) is 18.8. The van der Waals surface area contributed by atoms with E-state index in [1.165, 1.54) is 16.9 Å². The van der Waals surface area contributed by atoms with Crippen LogP contribution < -0.4 is 5.56 Å². The summed E-state index contributed by atoms with van der Waals surface area (Å²) in [4.78, 5) is 32.9. The second-order valence-electron chi connectivity index (χ2n) is 6.57. The molecule has 1 aliphatic carbocycles. The number of fused-ring (bicyclic) bond motifs is 1. The van der Waals surface area contributed by atoms with Crippen LogP contribution >= 0.6 is 0 Å². The lowest BCUT2D eigenvalue weighted by Crippen LogP contribution is -2.18. The van der Waals surface area contributed by atoms with Crippen LogP contribution in [0.4, 0.5) is 0 Å². The van der Waals surface area contributed by atoms with Crippen LogP contribution in [-0.4, -0.2) is 35.9 Å². The lowest BCUT2D eigenvalue weighted by atomic mass is 10.1. The van der Waals surface area contributed by atoms with Gasteiger partial charge in [-0.3, -0.25) is 14.7 Å². The van der Waals surface area contributed by atoms with Crippen LogP contribution in [0.3, 0.4) is 0 Å². The maximum Gasteiger partial charge on any atom is 0.267 e. The highest BCUT2D eigenvalue weighted by Crippen LogP contribution is 2.19. The third-order valence-electron chi connectivity index (χ3n) is 4.69. The van der Waals surface area contributed by atoms with Gasteiger partial charge in [0.25, 0.3) is 5.56 Å². The minimum Gasteiger partial charge on any atom is -0.506 e. The van der Waals surface area contributed by atoms with Gasteiger partial charge < -0.3 is 9.63 Å². The molecule has 4 rings (SSSR count). The second kappa shape index (κ2) is 7.18. The Hall–Kier alpha value is -3.23. The third kappa shape index (κ3) is 3.53. The van der Waals surface area contributed by atoms with Gasteiger partial charge in [0.2, 0.25) is 17.6 Å². The Kier molecular flexibility index (Phi) is 4.57. The number of aryl methyl sites for hydroxylation is 1. The summed E-state index contributed by atoms with van der Waals surface area (Å²) in [7, 11) is 0. The molecule has 0 radical (unpaired) electrons. The fourth-order valence-electron chi connectivity index (χ4n) is 3.31. The van der Waals surface area contributed by atoms with Crippen molar-refractivity contribution in [2.75, 3.05) is 0 Å². The van der Waals surface area contributed by atoms with Crippen LogP contribution in [0.15, 0.2) is 27.6 Å². The Balaban J connectivity index is 1.46. The number of pyridine rings is 1. The van der Waals surface area contributed by atoms with E-state index in [9.17, 15) is 14.7 Å². The summed E-state index contributed by atoms with van der Waals surface area (Å²) < 4.78 is 6.57. The molecule has 0 aliphatic heterocycles. The molecule has 140 valence electrons. The molecule has 0 saturated heterocycles. The molecule has 1 aliphatic rings. The van der Waals surface area contributed by atoms with Gasteiger partial charge in [-0.1, -0.05) is 11.6 Å². The fraction of sp³-hybridized carbons (Fsp3) is 0.389. The maximum atomic E-state index is 12.6. The van der Waals surface area contributed by atoms with Crippen molar-refractivity contribution in [1.82, 2.24) is 24.9 Å². The van der Waals surface area contributed by atoms with E-state index in [2.05, 4.69) is 20.2 Å². The predicted octanol–water partition coefficient (Wildman–Crippen LogP) is 1.87. The molecule has 0 spiro atoms. The van der Waals surface area contributed by atoms with Crippen LogP contribution in [0.1, 0.15) is 47.6 Å². The van der Waals surface area contributed by atoms with Crippen molar-refractivity contribution in [3.8, 4) is 17.3 Å². The number of nitrogens with one attached hydrogen (secondary N) is 1. The minimum atomic E-state index is -0.197. The molecule has 0 bridgehead atoms. The van der Waals surface area contributed by atoms with E-state index in [0.29, 0.717) is 17.4 Å². The summed E-state index contributed by atoms with van der Waals surface area (Å²) in [5.74, 6) is 0.458. The summed E-state index contributed by atoms with van der Waals surface area (Å²) in [5.41, 5.74) is 1.84. The number of rotatable bonds is 4. The molecule has 3 aromatic rings. The van der Waals surface area contributed by atoms with E-state index >= 15 is 0 Å². The Morgan fingerprint density at radius 1 is 1.26 bits per heavy atom. The van der Waals surface area contributed by atoms with Crippen LogP contribution in [0.2, 0.25) is 0 Å². The summed E-state index contributed by atoms with van der Waals surface area (Å²) in [5, 5.41) is 15.8. The van der Waals surface area contributed by atoms with E-state index in [-0.39, 0.29) is 30.1 Å². The first-order valence-corrected chi connectivity index (χ1v) is 8.96. The van der Waals surface area contributed by atoms with Crippen LogP contribution in [0.25, 0.3) is 11.5 Å². The van der Waals surface area contributed by atoms with Crippen LogP contribution in [0, 0.1) is 0 Å². The Morgan fingerprint density at radius 3 is 2.93 bits per heavy atom. The zero-order valence-corrected chi connectivity index (χ0v) is 14.6. The van der Waals surface area contributed by atoms with Gasteiger partial charge in [0, 0.05) is 18.4 Å². The van der Waals surface area contributed by atoms with Crippen molar-refractivity contribution in [2.24, 2.45) is 0 Å². The van der Waals surface area contributed by atoms with Gasteiger partial charge in [0.05, 0.1) is 11.9 Å². The minimum absolute atomic E-state index is 0.0490. The maximum absolute atomic E-state index is 12.6. The number of aromatic amines is 1. The molecule has 9 heteroatoms. The molecular weight excluding hydrogens is 350 g/mol. The molecule has 2 N–H and O–H groups in total. The number of nitrogens with zero attached hydrogens (tertiary/aromatic N) is 4.